The smallest absolute Gasteiger partial charge is 0.406 e. The third kappa shape index (κ3) is 4.83. The second kappa shape index (κ2) is 8.22. The van der Waals surface area contributed by atoms with Crippen molar-refractivity contribution in [1.82, 2.24) is 0 Å². The molecule has 0 fully saturated rings. The molecule has 1 heterocycles. The first-order chi connectivity index (χ1) is 13.6. The Morgan fingerprint density at radius 1 is 1.14 bits per heavy atom. The Labute approximate surface area is 173 Å². The molecule has 1 aliphatic rings. The van der Waals surface area contributed by atoms with E-state index in [0.717, 1.165) is 0 Å². The summed E-state index contributed by atoms with van der Waals surface area (Å²) in [6.07, 6.45) is -8.27. The van der Waals surface area contributed by atoms with Crippen molar-refractivity contribution in [3.8, 4) is 0 Å². The Bertz CT molecular complexity index is 951. The van der Waals surface area contributed by atoms with Crippen molar-refractivity contribution < 1.29 is 32.6 Å². The van der Waals surface area contributed by atoms with E-state index in [4.69, 9.17) is 33.0 Å². The summed E-state index contributed by atoms with van der Waals surface area (Å²) in [5, 5.41) is 9.60. The maximum absolute atomic E-state index is 13.2. The van der Waals surface area contributed by atoms with Crippen molar-refractivity contribution in [3.63, 3.8) is 0 Å². The number of hydrogen-bond donors (Lipinski definition) is 1. The first-order valence-electron chi connectivity index (χ1n) is 8.36. The Morgan fingerprint density at radius 2 is 1.83 bits per heavy atom. The van der Waals surface area contributed by atoms with Gasteiger partial charge in [0.05, 0.1) is 12.1 Å². The third-order valence-electron chi connectivity index (χ3n) is 4.29. The van der Waals surface area contributed by atoms with E-state index in [9.17, 15) is 22.8 Å². The summed E-state index contributed by atoms with van der Waals surface area (Å²) in [5.74, 6) is -2.50. The molecular formula is C19H14Cl2F3NO4. The van der Waals surface area contributed by atoms with Crippen LogP contribution in [-0.4, -0.2) is 35.8 Å². The monoisotopic (exact) mass is 447 g/mol. The summed E-state index contributed by atoms with van der Waals surface area (Å²) >= 11 is 12.3. The largest absolute Gasteiger partial charge is 0.481 e. The van der Waals surface area contributed by atoms with Crippen LogP contribution < -0.4 is 4.90 Å². The Kier molecular flexibility index (Phi) is 6.07. The Hall–Kier alpha value is -2.29. The number of halogens is 5. The third-order valence-corrected chi connectivity index (χ3v) is 4.87. The van der Waals surface area contributed by atoms with E-state index < -0.39 is 43.2 Å². The van der Waals surface area contributed by atoms with Gasteiger partial charge in [-0.1, -0.05) is 41.4 Å². The number of ether oxygens (including phenoxy) is 1. The van der Waals surface area contributed by atoms with Gasteiger partial charge < -0.3 is 14.7 Å². The second-order valence-electron chi connectivity index (χ2n) is 6.37. The Balaban J connectivity index is 2.22. The van der Waals surface area contributed by atoms with Crippen molar-refractivity contribution in [2.45, 2.75) is 24.8 Å². The summed E-state index contributed by atoms with van der Waals surface area (Å²) in [6, 6.07) is 10.4. The van der Waals surface area contributed by atoms with Crippen LogP contribution in [0.25, 0.3) is 0 Å². The molecule has 2 atom stereocenters. The number of anilines is 1. The first kappa shape index (κ1) is 21.4. The molecule has 154 valence electrons. The summed E-state index contributed by atoms with van der Waals surface area (Å²) in [4.78, 5) is 24.6. The number of alkyl halides is 3. The fourth-order valence-corrected chi connectivity index (χ4v) is 3.55. The minimum atomic E-state index is -4.72. The van der Waals surface area contributed by atoms with E-state index in [1.165, 1.54) is 18.2 Å². The summed E-state index contributed by atoms with van der Waals surface area (Å²) in [7, 11) is 0. The van der Waals surface area contributed by atoms with Crippen LogP contribution in [0, 0.1) is 0 Å². The molecule has 10 heteroatoms. The molecule has 0 bridgehead atoms. The highest BCUT2D eigenvalue weighted by molar-refractivity contribution is 6.31. The van der Waals surface area contributed by atoms with Crippen LogP contribution in [0.5, 0.6) is 0 Å². The highest BCUT2D eigenvalue weighted by Crippen LogP contribution is 2.42. The first-order valence-corrected chi connectivity index (χ1v) is 9.11. The average molecular weight is 448 g/mol. The molecule has 1 N–H and O–H groups in total. The zero-order chi connectivity index (χ0) is 21.3. The van der Waals surface area contributed by atoms with Crippen molar-refractivity contribution in [3.05, 3.63) is 63.6 Å². The van der Waals surface area contributed by atoms with Gasteiger partial charge in [0, 0.05) is 21.2 Å². The molecule has 0 aliphatic carbocycles. The van der Waals surface area contributed by atoms with Gasteiger partial charge in [0.25, 0.3) is 5.91 Å². The molecule has 0 saturated heterocycles. The van der Waals surface area contributed by atoms with Crippen molar-refractivity contribution in [2.24, 2.45) is 0 Å². The van der Waals surface area contributed by atoms with Crippen LogP contribution >= 0.6 is 23.2 Å². The maximum Gasteiger partial charge on any atom is 0.406 e. The predicted octanol–water partition coefficient (Wildman–Crippen LogP) is 4.85. The zero-order valence-corrected chi connectivity index (χ0v) is 16.1. The number of hydrogen-bond acceptors (Lipinski definition) is 3. The highest BCUT2D eigenvalue weighted by atomic mass is 35.5. The number of carbonyl (C=O) groups is 2. The van der Waals surface area contributed by atoms with E-state index >= 15 is 0 Å². The summed E-state index contributed by atoms with van der Waals surface area (Å²) < 4.78 is 45.3. The van der Waals surface area contributed by atoms with Crippen LogP contribution in [0.3, 0.4) is 0 Å². The number of amides is 1. The van der Waals surface area contributed by atoms with Crippen molar-refractivity contribution in [1.29, 1.82) is 0 Å². The number of nitrogens with zero attached hydrogens (tertiary/aromatic N) is 1. The van der Waals surface area contributed by atoms with Crippen LogP contribution in [0.15, 0.2) is 42.5 Å². The molecule has 29 heavy (non-hydrogen) atoms. The number of carboxylic acid groups (broad SMARTS) is 1. The van der Waals surface area contributed by atoms with E-state index in [0.29, 0.717) is 10.5 Å². The van der Waals surface area contributed by atoms with Gasteiger partial charge in [0.15, 0.2) is 0 Å². The molecule has 0 saturated carbocycles. The van der Waals surface area contributed by atoms with E-state index in [1.807, 2.05) is 0 Å². The minimum Gasteiger partial charge on any atom is -0.481 e. The fourth-order valence-electron chi connectivity index (χ4n) is 3.13. The van der Waals surface area contributed by atoms with Crippen LogP contribution in [0.1, 0.15) is 23.7 Å². The van der Waals surface area contributed by atoms with Gasteiger partial charge in [-0.2, -0.15) is 13.2 Å². The molecule has 3 rings (SSSR count). The van der Waals surface area contributed by atoms with Crippen LogP contribution in [0.4, 0.5) is 18.9 Å². The molecule has 0 unspecified atom stereocenters. The second-order valence-corrected chi connectivity index (χ2v) is 7.21. The lowest BCUT2D eigenvalue weighted by atomic mass is 9.99. The van der Waals surface area contributed by atoms with Gasteiger partial charge in [-0.15, -0.1) is 0 Å². The molecule has 1 aliphatic heterocycles. The van der Waals surface area contributed by atoms with Gasteiger partial charge in [-0.3, -0.25) is 9.59 Å². The molecule has 1 amide bonds. The van der Waals surface area contributed by atoms with Crippen molar-refractivity contribution >= 4 is 40.8 Å². The number of carboxylic acids is 1. The molecule has 2 aromatic carbocycles. The quantitative estimate of drug-likeness (QED) is 0.727. The van der Waals surface area contributed by atoms with Gasteiger partial charge >= 0.3 is 12.1 Å². The molecular weight excluding hydrogens is 434 g/mol. The molecule has 2 aromatic rings. The van der Waals surface area contributed by atoms with Gasteiger partial charge in [-0.25, -0.2) is 0 Å². The van der Waals surface area contributed by atoms with Crippen LogP contribution in [-0.2, 0) is 14.3 Å². The number of rotatable bonds is 4. The standard InChI is InChI=1S/C19H14Cl2F3NO4/c20-10-5-6-14-12(7-10)17(11-3-1-2-4-13(11)21)29-15(8-16(26)27)18(28)25(14)9-19(22,23)24/h1-7,15,17H,8-9H2,(H,26,27)/t15-,17-/m0/s1. The van der Waals surface area contributed by atoms with Crippen molar-refractivity contribution in [2.75, 3.05) is 11.4 Å². The lowest BCUT2D eigenvalue weighted by molar-refractivity contribution is -0.149. The van der Waals surface area contributed by atoms with Gasteiger partial charge in [-0.05, 0) is 24.3 Å². The lowest BCUT2D eigenvalue weighted by Crippen LogP contribution is -2.45. The number of benzene rings is 2. The van der Waals surface area contributed by atoms with E-state index in [2.05, 4.69) is 0 Å². The summed E-state index contributed by atoms with van der Waals surface area (Å²) in [5.41, 5.74) is 0.473. The van der Waals surface area contributed by atoms with Gasteiger partial charge in [0.2, 0.25) is 0 Å². The molecule has 0 spiro atoms. The minimum absolute atomic E-state index is 0.0745. The molecule has 5 nitrogen and oxygen atoms in total. The SMILES string of the molecule is O=C(O)C[C@@H]1O[C@@H](c2ccccc2Cl)c2cc(Cl)ccc2N(CC(F)(F)F)C1=O. The number of aliphatic carboxylic acids is 1. The highest BCUT2D eigenvalue weighted by Gasteiger charge is 2.42. The summed E-state index contributed by atoms with van der Waals surface area (Å²) in [6.45, 7) is -1.60. The lowest BCUT2D eigenvalue weighted by Gasteiger charge is -2.25. The predicted molar refractivity (Wildman–Crippen MR) is 100 cm³/mol. The fraction of sp³-hybridized carbons (Fsp3) is 0.263. The maximum atomic E-state index is 13.2. The molecule has 0 aromatic heterocycles. The topological polar surface area (TPSA) is 66.8 Å². The number of carbonyl (C=O) groups excluding carboxylic acids is 1. The van der Waals surface area contributed by atoms with Gasteiger partial charge in [0.1, 0.15) is 18.8 Å². The number of fused-ring (bicyclic) bond motifs is 1. The van der Waals surface area contributed by atoms with E-state index in [-0.39, 0.29) is 21.3 Å². The van der Waals surface area contributed by atoms with Crippen LogP contribution in [0.2, 0.25) is 10.0 Å². The zero-order valence-electron chi connectivity index (χ0n) is 14.6. The molecule has 0 radical (unpaired) electrons. The normalized spacial score (nSPS) is 19.6. The average Bonchev–Trinajstić information content (AvgIpc) is 2.71. The van der Waals surface area contributed by atoms with E-state index in [1.54, 1.807) is 24.3 Å². The Morgan fingerprint density at radius 3 is 2.45 bits per heavy atom.